The number of benzene rings is 2. The molecule has 31 heavy (non-hydrogen) atoms. The van der Waals surface area contributed by atoms with Crippen molar-refractivity contribution in [3.05, 3.63) is 58.6 Å². The molecular weight excluding hydrogens is 416 g/mol. The first-order chi connectivity index (χ1) is 15.1. The molecule has 0 unspecified atom stereocenters. The zero-order valence-corrected chi connectivity index (χ0v) is 17.9. The summed E-state index contributed by atoms with van der Waals surface area (Å²) in [5.74, 6) is 1.56. The minimum atomic E-state index is -0.464. The number of hydrogen-bond donors (Lipinski definition) is 1. The molecule has 2 aromatic carbocycles. The van der Waals surface area contributed by atoms with E-state index in [9.17, 15) is 9.59 Å². The van der Waals surface area contributed by atoms with Gasteiger partial charge in [-0.15, -0.1) is 0 Å². The molecule has 0 radical (unpaired) electrons. The Morgan fingerprint density at radius 1 is 1.06 bits per heavy atom. The minimum Gasteiger partial charge on any atom is -0.454 e. The number of nitrogens with one attached hydrogen (secondary N) is 1. The van der Waals surface area contributed by atoms with Crippen molar-refractivity contribution in [2.75, 3.05) is 6.79 Å². The second-order valence-corrected chi connectivity index (χ2v) is 8.93. The number of amides is 2. The van der Waals surface area contributed by atoms with Crippen molar-refractivity contribution in [3.8, 4) is 11.5 Å². The van der Waals surface area contributed by atoms with Gasteiger partial charge < -0.3 is 19.7 Å². The highest BCUT2D eigenvalue weighted by Gasteiger charge is 2.47. The maximum atomic E-state index is 13.4. The molecule has 5 rings (SSSR count). The predicted octanol–water partition coefficient (Wildman–Crippen LogP) is 4.16. The second kappa shape index (κ2) is 8.42. The summed E-state index contributed by atoms with van der Waals surface area (Å²) in [6.07, 6.45) is 4.97. The predicted molar refractivity (Wildman–Crippen MR) is 116 cm³/mol. The lowest BCUT2D eigenvalue weighted by Gasteiger charge is -2.33. The molecule has 1 N–H and O–H groups in total. The number of carbonyl (C=O) groups is 2. The second-order valence-electron chi connectivity index (χ2n) is 8.49. The van der Waals surface area contributed by atoms with Gasteiger partial charge in [0.15, 0.2) is 11.5 Å². The Hall–Kier alpha value is -2.73. The Balaban J connectivity index is 1.34. The first-order valence-electron chi connectivity index (χ1n) is 10.8. The Labute approximate surface area is 186 Å². The number of likely N-dealkylation sites (tertiary alicyclic amines) is 1. The number of carbonyl (C=O) groups excluding carboxylic acids is 2. The van der Waals surface area contributed by atoms with Gasteiger partial charge in [-0.2, -0.15) is 0 Å². The van der Waals surface area contributed by atoms with Crippen LogP contribution in [0.25, 0.3) is 0 Å². The lowest BCUT2D eigenvalue weighted by Crippen LogP contribution is -2.49. The lowest BCUT2D eigenvalue weighted by molar-refractivity contribution is -0.125. The number of halogens is 1. The molecule has 2 aromatic rings. The summed E-state index contributed by atoms with van der Waals surface area (Å²) in [6, 6.07) is 12.3. The third-order valence-corrected chi connectivity index (χ3v) is 6.84. The molecule has 162 valence electrons. The van der Waals surface area contributed by atoms with Crippen molar-refractivity contribution in [2.45, 2.75) is 50.7 Å². The molecule has 1 saturated carbocycles. The molecule has 0 spiro atoms. The molecule has 1 saturated heterocycles. The Kier molecular flexibility index (Phi) is 5.48. The normalized spacial score (nSPS) is 24.0. The van der Waals surface area contributed by atoms with E-state index < -0.39 is 6.04 Å². The van der Waals surface area contributed by atoms with Gasteiger partial charge in [0.2, 0.25) is 12.7 Å². The molecule has 3 aliphatic rings. The smallest absolute Gasteiger partial charge is 0.254 e. The largest absolute Gasteiger partial charge is 0.454 e. The number of hydrogen-bond acceptors (Lipinski definition) is 4. The molecule has 0 aromatic heterocycles. The van der Waals surface area contributed by atoms with Crippen molar-refractivity contribution < 1.29 is 19.1 Å². The fourth-order valence-corrected chi connectivity index (χ4v) is 5.30. The third kappa shape index (κ3) is 3.97. The Morgan fingerprint density at radius 2 is 1.90 bits per heavy atom. The monoisotopic (exact) mass is 440 g/mol. The summed E-state index contributed by atoms with van der Waals surface area (Å²) in [7, 11) is 0. The fourth-order valence-electron chi connectivity index (χ4n) is 5.11. The van der Waals surface area contributed by atoms with Gasteiger partial charge in [0.25, 0.3) is 5.91 Å². The van der Waals surface area contributed by atoms with Crippen LogP contribution in [-0.4, -0.2) is 35.6 Å². The first-order valence-corrected chi connectivity index (χ1v) is 11.2. The molecule has 2 amide bonds. The van der Waals surface area contributed by atoms with E-state index in [1.54, 1.807) is 24.3 Å². The van der Waals surface area contributed by atoms with Gasteiger partial charge in [-0.3, -0.25) is 9.59 Å². The molecule has 2 fully saturated rings. The molecule has 7 heteroatoms. The summed E-state index contributed by atoms with van der Waals surface area (Å²) in [5, 5.41) is 3.56. The fraction of sp³-hybridized carbons (Fsp3) is 0.417. The summed E-state index contributed by atoms with van der Waals surface area (Å²) >= 11 is 6.12. The lowest BCUT2D eigenvalue weighted by atomic mass is 9.84. The van der Waals surface area contributed by atoms with E-state index in [0.717, 1.165) is 31.2 Å². The van der Waals surface area contributed by atoms with Crippen LogP contribution in [0.3, 0.4) is 0 Å². The van der Waals surface area contributed by atoms with Gasteiger partial charge in [-0.1, -0.05) is 36.6 Å². The van der Waals surface area contributed by atoms with E-state index in [-0.39, 0.29) is 24.6 Å². The maximum Gasteiger partial charge on any atom is 0.254 e. The number of ether oxygens (including phenoxy) is 2. The van der Waals surface area contributed by atoms with Gasteiger partial charge in [0, 0.05) is 23.2 Å². The van der Waals surface area contributed by atoms with E-state index in [0.29, 0.717) is 41.0 Å². The average Bonchev–Trinajstić information content (AvgIpc) is 3.41. The topological polar surface area (TPSA) is 67.9 Å². The number of fused-ring (bicyclic) bond motifs is 2. The summed E-state index contributed by atoms with van der Waals surface area (Å²) in [5.41, 5.74) is 1.47. The number of rotatable bonds is 4. The van der Waals surface area contributed by atoms with E-state index in [1.807, 2.05) is 23.1 Å². The van der Waals surface area contributed by atoms with Gasteiger partial charge in [-0.05, 0) is 61.1 Å². The quantitative estimate of drug-likeness (QED) is 0.775. The standard InChI is InChI=1S/C24H25ClN2O4/c25-18-6-3-5-17(11-18)24(29)27-19-7-2-1-4-16(19)12-20(27)23(28)26-13-15-8-9-21-22(10-15)31-14-30-21/h3,5-6,8-11,16,19-20H,1-2,4,7,12-14H2,(H,26,28)/t16-,19-,20+/m1/s1. The van der Waals surface area contributed by atoms with E-state index >= 15 is 0 Å². The van der Waals surface area contributed by atoms with Crippen LogP contribution >= 0.6 is 11.6 Å². The zero-order valence-electron chi connectivity index (χ0n) is 17.2. The van der Waals surface area contributed by atoms with Crippen LogP contribution < -0.4 is 14.8 Å². The molecule has 3 atom stereocenters. The van der Waals surface area contributed by atoms with Crippen LogP contribution in [0.1, 0.15) is 48.0 Å². The molecule has 6 nitrogen and oxygen atoms in total. The van der Waals surface area contributed by atoms with Crippen molar-refractivity contribution in [1.82, 2.24) is 10.2 Å². The Bertz CT molecular complexity index is 1010. The first kappa shape index (κ1) is 20.2. The van der Waals surface area contributed by atoms with Gasteiger partial charge in [0.05, 0.1) is 0 Å². The highest BCUT2D eigenvalue weighted by atomic mass is 35.5. The summed E-state index contributed by atoms with van der Waals surface area (Å²) < 4.78 is 10.8. The van der Waals surface area contributed by atoms with Crippen LogP contribution in [0.15, 0.2) is 42.5 Å². The van der Waals surface area contributed by atoms with Crippen LogP contribution in [0.4, 0.5) is 0 Å². The molecule has 1 aliphatic carbocycles. The van der Waals surface area contributed by atoms with Gasteiger partial charge in [0.1, 0.15) is 6.04 Å². The zero-order chi connectivity index (χ0) is 21.4. The van der Waals surface area contributed by atoms with E-state index in [1.165, 1.54) is 0 Å². The summed E-state index contributed by atoms with van der Waals surface area (Å²) in [6.45, 7) is 0.594. The molecule has 0 bridgehead atoms. The molecule has 2 heterocycles. The van der Waals surface area contributed by atoms with E-state index in [2.05, 4.69) is 5.32 Å². The highest BCUT2D eigenvalue weighted by Crippen LogP contribution is 2.41. The Morgan fingerprint density at radius 3 is 2.77 bits per heavy atom. The van der Waals surface area contributed by atoms with Crippen LogP contribution in [0.2, 0.25) is 5.02 Å². The van der Waals surface area contributed by atoms with Crippen molar-refractivity contribution in [1.29, 1.82) is 0 Å². The molecule has 2 aliphatic heterocycles. The van der Waals surface area contributed by atoms with Crippen LogP contribution in [-0.2, 0) is 11.3 Å². The van der Waals surface area contributed by atoms with Gasteiger partial charge >= 0.3 is 0 Å². The van der Waals surface area contributed by atoms with Crippen LogP contribution in [0, 0.1) is 5.92 Å². The van der Waals surface area contributed by atoms with Crippen LogP contribution in [0.5, 0.6) is 11.5 Å². The van der Waals surface area contributed by atoms with E-state index in [4.69, 9.17) is 21.1 Å². The third-order valence-electron chi connectivity index (χ3n) is 6.60. The van der Waals surface area contributed by atoms with Crippen molar-refractivity contribution in [2.24, 2.45) is 5.92 Å². The molecular formula is C24H25ClN2O4. The highest BCUT2D eigenvalue weighted by molar-refractivity contribution is 6.31. The average molecular weight is 441 g/mol. The summed E-state index contributed by atoms with van der Waals surface area (Å²) in [4.78, 5) is 28.5. The van der Waals surface area contributed by atoms with Crippen molar-refractivity contribution >= 4 is 23.4 Å². The van der Waals surface area contributed by atoms with Gasteiger partial charge in [-0.25, -0.2) is 0 Å². The SMILES string of the molecule is O=C(NCc1ccc2c(c1)OCO2)[C@@H]1C[C@H]2CCCC[C@H]2N1C(=O)c1cccc(Cl)c1. The van der Waals surface area contributed by atoms with Crippen molar-refractivity contribution in [3.63, 3.8) is 0 Å². The minimum absolute atomic E-state index is 0.109. The number of nitrogens with zero attached hydrogens (tertiary/aromatic N) is 1. The maximum absolute atomic E-state index is 13.4.